The summed E-state index contributed by atoms with van der Waals surface area (Å²) in [7, 11) is 0. The lowest BCUT2D eigenvalue weighted by Gasteiger charge is -2.28. The van der Waals surface area contributed by atoms with E-state index < -0.39 is 12.0 Å². The number of carboxylic acids is 1. The highest BCUT2D eigenvalue weighted by Gasteiger charge is 2.31. The average molecular weight is 392 g/mol. The number of carboxylic acid groups (broad SMARTS) is 1. The maximum Gasteiger partial charge on any atom is 0.326 e. The van der Waals surface area contributed by atoms with E-state index in [0.29, 0.717) is 29.0 Å². The highest BCUT2D eigenvalue weighted by molar-refractivity contribution is 7.99. The Morgan fingerprint density at radius 2 is 2.21 bits per heavy atom. The number of halogens is 2. The molecule has 1 aliphatic rings. The predicted octanol–water partition coefficient (Wildman–Crippen LogP) is 3.22. The van der Waals surface area contributed by atoms with E-state index in [0.717, 1.165) is 18.4 Å². The number of thioether (sulfide) groups is 1. The largest absolute Gasteiger partial charge is 0.480 e. The molecule has 0 radical (unpaired) electrons. The number of amides is 1. The van der Waals surface area contributed by atoms with Crippen molar-refractivity contribution < 1.29 is 19.4 Å². The number of aliphatic carboxylic acids is 1. The third-order valence-corrected chi connectivity index (χ3v) is 5.32. The Morgan fingerprint density at radius 3 is 2.83 bits per heavy atom. The van der Waals surface area contributed by atoms with Crippen molar-refractivity contribution in [2.24, 2.45) is 5.92 Å². The van der Waals surface area contributed by atoms with Gasteiger partial charge in [0.05, 0.1) is 12.4 Å². The van der Waals surface area contributed by atoms with E-state index >= 15 is 0 Å². The summed E-state index contributed by atoms with van der Waals surface area (Å²) >= 11 is 13.3. The van der Waals surface area contributed by atoms with Crippen molar-refractivity contribution in [3.63, 3.8) is 0 Å². The number of rotatable bonds is 7. The number of carbonyl (C=O) groups excluding carboxylic acids is 1. The first kappa shape index (κ1) is 19.4. The number of nitrogens with one attached hydrogen (secondary N) is 1. The van der Waals surface area contributed by atoms with Gasteiger partial charge in [-0.25, -0.2) is 4.79 Å². The first-order chi connectivity index (χ1) is 11.5. The van der Waals surface area contributed by atoms with Gasteiger partial charge >= 0.3 is 5.97 Å². The Bertz CT molecular complexity index is 593. The van der Waals surface area contributed by atoms with Crippen LogP contribution in [0.3, 0.4) is 0 Å². The van der Waals surface area contributed by atoms with Gasteiger partial charge in [0.15, 0.2) is 0 Å². The minimum atomic E-state index is -1.02. The molecule has 0 aromatic heterocycles. The molecule has 5 nitrogen and oxygen atoms in total. The average Bonchev–Trinajstić information content (AvgIpc) is 2.55. The molecule has 1 aliphatic heterocycles. The summed E-state index contributed by atoms with van der Waals surface area (Å²) in [5.74, 6) is -0.798. The van der Waals surface area contributed by atoms with Crippen LogP contribution in [-0.4, -0.2) is 42.0 Å². The minimum Gasteiger partial charge on any atom is -0.480 e. The molecule has 2 N–H and O–H groups in total. The molecule has 1 heterocycles. The summed E-state index contributed by atoms with van der Waals surface area (Å²) in [6, 6.07) is 4.31. The SMILES string of the molecule is O=C(CSCc1ccc(Cl)cc1Cl)NC(C(=O)O)C1CCCOC1. The van der Waals surface area contributed by atoms with Gasteiger partial charge in [0.1, 0.15) is 6.04 Å². The smallest absolute Gasteiger partial charge is 0.326 e. The van der Waals surface area contributed by atoms with Gasteiger partial charge in [0.2, 0.25) is 5.91 Å². The van der Waals surface area contributed by atoms with Gasteiger partial charge in [-0.3, -0.25) is 4.79 Å². The van der Waals surface area contributed by atoms with Gasteiger partial charge in [-0.05, 0) is 30.5 Å². The van der Waals surface area contributed by atoms with E-state index in [1.165, 1.54) is 11.8 Å². The Kier molecular flexibility index (Phi) is 7.68. The predicted molar refractivity (Wildman–Crippen MR) is 95.7 cm³/mol. The fourth-order valence-corrected chi connectivity index (χ4v) is 3.91. The van der Waals surface area contributed by atoms with Crippen LogP contribution in [0.25, 0.3) is 0 Å². The first-order valence-electron chi connectivity index (χ1n) is 7.59. The van der Waals surface area contributed by atoms with Gasteiger partial charge in [0.25, 0.3) is 0 Å². The minimum absolute atomic E-state index is 0.163. The van der Waals surface area contributed by atoms with Gasteiger partial charge in [-0.15, -0.1) is 11.8 Å². The molecule has 0 saturated carbocycles. The second-order valence-corrected chi connectivity index (χ2v) is 7.42. The Balaban J connectivity index is 1.81. The topological polar surface area (TPSA) is 75.6 Å². The van der Waals surface area contributed by atoms with Crippen LogP contribution >= 0.6 is 35.0 Å². The van der Waals surface area contributed by atoms with Crippen LogP contribution in [0.1, 0.15) is 18.4 Å². The van der Waals surface area contributed by atoms with Crippen molar-refractivity contribution >= 4 is 46.8 Å². The fourth-order valence-electron chi connectivity index (χ4n) is 2.52. The molecular formula is C16H19Cl2NO4S. The quantitative estimate of drug-likeness (QED) is 0.745. The Hall–Kier alpha value is -0.950. The van der Waals surface area contributed by atoms with E-state index in [1.54, 1.807) is 12.1 Å². The molecular weight excluding hydrogens is 373 g/mol. The number of hydrogen-bond acceptors (Lipinski definition) is 4. The second kappa shape index (κ2) is 9.51. The third kappa shape index (κ3) is 5.84. The van der Waals surface area contributed by atoms with Crippen molar-refractivity contribution in [3.05, 3.63) is 33.8 Å². The summed E-state index contributed by atoms with van der Waals surface area (Å²) < 4.78 is 5.31. The van der Waals surface area contributed by atoms with Crippen LogP contribution in [0.4, 0.5) is 0 Å². The Labute approximate surface area is 155 Å². The molecule has 0 bridgehead atoms. The lowest BCUT2D eigenvalue weighted by molar-refractivity contribution is -0.144. The van der Waals surface area contributed by atoms with Gasteiger partial charge in [-0.1, -0.05) is 29.3 Å². The summed E-state index contributed by atoms with van der Waals surface area (Å²) in [5.41, 5.74) is 0.884. The molecule has 0 aliphatic carbocycles. The van der Waals surface area contributed by atoms with Crippen molar-refractivity contribution in [2.75, 3.05) is 19.0 Å². The number of ether oxygens (including phenoxy) is 1. The molecule has 1 fully saturated rings. The molecule has 2 atom stereocenters. The van der Waals surface area contributed by atoms with Crippen molar-refractivity contribution in [1.29, 1.82) is 0 Å². The van der Waals surface area contributed by atoms with Crippen molar-refractivity contribution in [1.82, 2.24) is 5.32 Å². The van der Waals surface area contributed by atoms with E-state index in [-0.39, 0.29) is 17.6 Å². The summed E-state index contributed by atoms with van der Waals surface area (Å²) in [6.45, 7) is 1.01. The molecule has 1 aromatic carbocycles. The molecule has 0 spiro atoms. The molecule has 1 amide bonds. The maximum absolute atomic E-state index is 12.0. The zero-order valence-corrected chi connectivity index (χ0v) is 15.3. The monoisotopic (exact) mass is 391 g/mol. The maximum atomic E-state index is 12.0. The lowest BCUT2D eigenvalue weighted by Crippen LogP contribution is -2.48. The van der Waals surface area contributed by atoms with E-state index in [4.69, 9.17) is 27.9 Å². The molecule has 24 heavy (non-hydrogen) atoms. The van der Waals surface area contributed by atoms with Crippen LogP contribution in [0.5, 0.6) is 0 Å². The molecule has 2 rings (SSSR count). The number of benzene rings is 1. The molecule has 8 heteroatoms. The van der Waals surface area contributed by atoms with Crippen LogP contribution in [0, 0.1) is 5.92 Å². The summed E-state index contributed by atoms with van der Waals surface area (Å²) in [5, 5.41) is 13.1. The number of carbonyl (C=O) groups is 2. The van der Waals surface area contributed by atoms with Gasteiger partial charge < -0.3 is 15.2 Å². The molecule has 2 unspecified atom stereocenters. The van der Waals surface area contributed by atoms with Gasteiger partial charge in [-0.2, -0.15) is 0 Å². The fraction of sp³-hybridized carbons (Fsp3) is 0.500. The van der Waals surface area contributed by atoms with Crippen LogP contribution < -0.4 is 5.32 Å². The molecule has 1 saturated heterocycles. The van der Waals surface area contributed by atoms with Crippen LogP contribution in [0.15, 0.2) is 18.2 Å². The summed E-state index contributed by atoms with van der Waals surface area (Å²) in [4.78, 5) is 23.4. The molecule has 132 valence electrons. The first-order valence-corrected chi connectivity index (χ1v) is 9.50. The zero-order chi connectivity index (χ0) is 17.5. The highest BCUT2D eigenvalue weighted by Crippen LogP contribution is 2.24. The standard InChI is InChI=1S/C16H19Cl2NO4S/c17-12-4-3-11(13(18)6-12)8-24-9-14(20)19-15(16(21)22)10-2-1-5-23-7-10/h3-4,6,10,15H,1-2,5,7-9H2,(H,19,20)(H,21,22). The summed E-state index contributed by atoms with van der Waals surface area (Å²) in [6.07, 6.45) is 1.55. The van der Waals surface area contributed by atoms with E-state index in [9.17, 15) is 14.7 Å². The van der Waals surface area contributed by atoms with Crippen LogP contribution in [0.2, 0.25) is 10.0 Å². The van der Waals surface area contributed by atoms with Gasteiger partial charge in [0, 0.05) is 28.3 Å². The second-order valence-electron chi connectivity index (χ2n) is 5.59. The normalized spacial score (nSPS) is 18.8. The van der Waals surface area contributed by atoms with E-state index in [1.807, 2.05) is 6.07 Å². The van der Waals surface area contributed by atoms with Crippen molar-refractivity contribution in [2.45, 2.75) is 24.6 Å². The van der Waals surface area contributed by atoms with Crippen molar-refractivity contribution in [3.8, 4) is 0 Å². The molecule has 1 aromatic rings. The number of hydrogen-bond donors (Lipinski definition) is 2. The van der Waals surface area contributed by atoms with Crippen LogP contribution in [-0.2, 0) is 20.1 Å². The zero-order valence-electron chi connectivity index (χ0n) is 13.0. The third-order valence-electron chi connectivity index (χ3n) is 3.76. The Morgan fingerprint density at radius 1 is 1.42 bits per heavy atom. The lowest BCUT2D eigenvalue weighted by atomic mass is 9.94. The van der Waals surface area contributed by atoms with E-state index in [2.05, 4.69) is 5.32 Å². The highest BCUT2D eigenvalue weighted by atomic mass is 35.5.